The molecule has 1 saturated carbocycles. The third-order valence-electron chi connectivity index (χ3n) is 3.08. The second-order valence-electron chi connectivity index (χ2n) is 5.04. The van der Waals surface area contributed by atoms with E-state index in [1.165, 1.54) is 0 Å². The number of aliphatic carboxylic acids is 1. The van der Waals surface area contributed by atoms with Crippen molar-refractivity contribution in [3.63, 3.8) is 0 Å². The second kappa shape index (κ2) is 5.29. The summed E-state index contributed by atoms with van der Waals surface area (Å²) in [6.45, 7) is 3.99. The quantitative estimate of drug-likeness (QED) is 0.842. The maximum absolute atomic E-state index is 10.7. The number of carboxylic acids is 1. The zero-order valence-corrected chi connectivity index (χ0v) is 10.7. The summed E-state index contributed by atoms with van der Waals surface area (Å²) in [7, 11) is 0. The van der Waals surface area contributed by atoms with Crippen LogP contribution in [0.5, 0.6) is 5.75 Å². The van der Waals surface area contributed by atoms with E-state index in [1.807, 2.05) is 38.1 Å². The fourth-order valence-corrected chi connectivity index (χ4v) is 2.07. The molecule has 0 bridgehead atoms. The molecule has 0 spiro atoms. The number of rotatable bonds is 5. The highest BCUT2D eigenvalue weighted by Crippen LogP contribution is 2.30. The molecule has 1 fully saturated rings. The standard InChI is InChI=1S/C14H19NO3/c1-9(2)18-13-5-3-11(4-6-13)15-12-7-10(8-12)14(16)17/h3-6,9-10,12,15H,7-8H2,1-2H3,(H,16,17). The molecule has 1 aromatic rings. The zero-order chi connectivity index (χ0) is 13.1. The van der Waals surface area contributed by atoms with Gasteiger partial charge in [0.25, 0.3) is 0 Å². The van der Waals surface area contributed by atoms with Crippen molar-refractivity contribution in [2.75, 3.05) is 5.32 Å². The van der Waals surface area contributed by atoms with Crippen LogP contribution in [0.1, 0.15) is 26.7 Å². The average Bonchev–Trinajstić information content (AvgIpc) is 2.23. The van der Waals surface area contributed by atoms with E-state index in [0.717, 1.165) is 11.4 Å². The third-order valence-corrected chi connectivity index (χ3v) is 3.08. The Morgan fingerprint density at radius 1 is 1.33 bits per heavy atom. The summed E-state index contributed by atoms with van der Waals surface area (Å²) >= 11 is 0. The van der Waals surface area contributed by atoms with Gasteiger partial charge in [0.1, 0.15) is 5.75 Å². The topological polar surface area (TPSA) is 58.6 Å². The minimum atomic E-state index is -0.686. The molecule has 1 aromatic carbocycles. The molecule has 0 aromatic heterocycles. The third kappa shape index (κ3) is 3.15. The van der Waals surface area contributed by atoms with Gasteiger partial charge in [-0.25, -0.2) is 0 Å². The summed E-state index contributed by atoms with van der Waals surface area (Å²) in [5.74, 6) is -0.00708. The highest BCUT2D eigenvalue weighted by atomic mass is 16.5. The van der Waals surface area contributed by atoms with Gasteiger partial charge in [-0.15, -0.1) is 0 Å². The summed E-state index contributed by atoms with van der Waals surface area (Å²) in [6, 6.07) is 8.06. The van der Waals surface area contributed by atoms with Gasteiger partial charge in [0, 0.05) is 11.7 Å². The van der Waals surface area contributed by atoms with Crippen LogP contribution in [0.3, 0.4) is 0 Å². The van der Waals surface area contributed by atoms with Crippen LogP contribution in [0.15, 0.2) is 24.3 Å². The van der Waals surface area contributed by atoms with Gasteiger partial charge in [-0.2, -0.15) is 0 Å². The Kier molecular flexibility index (Phi) is 3.75. The lowest BCUT2D eigenvalue weighted by Crippen LogP contribution is -2.39. The van der Waals surface area contributed by atoms with Gasteiger partial charge in [0.05, 0.1) is 12.0 Å². The molecule has 2 N–H and O–H groups in total. The number of carbonyl (C=O) groups is 1. The molecule has 0 heterocycles. The number of carboxylic acid groups (broad SMARTS) is 1. The van der Waals surface area contributed by atoms with E-state index in [1.54, 1.807) is 0 Å². The zero-order valence-electron chi connectivity index (χ0n) is 10.7. The Hall–Kier alpha value is -1.71. The molecule has 4 nitrogen and oxygen atoms in total. The van der Waals surface area contributed by atoms with Crippen LogP contribution < -0.4 is 10.1 Å². The Balaban J connectivity index is 1.82. The highest BCUT2D eigenvalue weighted by Gasteiger charge is 2.34. The minimum absolute atomic E-state index is 0.173. The number of anilines is 1. The summed E-state index contributed by atoms with van der Waals surface area (Å²) in [4.78, 5) is 10.7. The van der Waals surface area contributed by atoms with Crippen LogP contribution in [0.2, 0.25) is 0 Å². The summed E-state index contributed by atoms with van der Waals surface area (Å²) < 4.78 is 5.56. The maximum atomic E-state index is 10.7. The van der Waals surface area contributed by atoms with E-state index in [4.69, 9.17) is 9.84 Å². The Bertz CT molecular complexity index is 408. The SMILES string of the molecule is CC(C)Oc1ccc(NC2CC(C(=O)O)C2)cc1. The predicted molar refractivity (Wildman–Crippen MR) is 70.0 cm³/mol. The Labute approximate surface area is 107 Å². The summed E-state index contributed by atoms with van der Waals surface area (Å²) in [5, 5.41) is 12.1. The van der Waals surface area contributed by atoms with Crippen molar-refractivity contribution in [1.82, 2.24) is 0 Å². The first-order valence-corrected chi connectivity index (χ1v) is 6.30. The first-order chi connectivity index (χ1) is 8.54. The maximum Gasteiger partial charge on any atom is 0.306 e. The van der Waals surface area contributed by atoms with Crippen LogP contribution in [-0.4, -0.2) is 23.2 Å². The molecular formula is C14H19NO3. The number of hydrogen-bond donors (Lipinski definition) is 2. The van der Waals surface area contributed by atoms with Gasteiger partial charge in [0.15, 0.2) is 0 Å². The monoisotopic (exact) mass is 249 g/mol. The van der Waals surface area contributed by atoms with Crippen LogP contribution in [-0.2, 0) is 4.79 Å². The van der Waals surface area contributed by atoms with Gasteiger partial charge >= 0.3 is 5.97 Å². The molecule has 1 aliphatic carbocycles. The fourth-order valence-electron chi connectivity index (χ4n) is 2.07. The second-order valence-corrected chi connectivity index (χ2v) is 5.04. The van der Waals surface area contributed by atoms with Gasteiger partial charge in [-0.05, 0) is 51.0 Å². The lowest BCUT2D eigenvalue weighted by Gasteiger charge is -2.33. The van der Waals surface area contributed by atoms with Crippen LogP contribution in [0, 0.1) is 5.92 Å². The molecule has 2 rings (SSSR count). The smallest absolute Gasteiger partial charge is 0.306 e. The largest absolute Gasteiger partial charge is 0.491 e. The van der Waals surface area contributed by atoms with Gasteiger partial charge in [-0.3, -0.25) is 4.79 Å². The number of ether oxygens (including phenoxy) is 1. The molecule has 1 aliphatic rings. The average molecular weight is 249 g/mol. The van der Waals surface area contributed by atoms with Gasteiger partial charge < -0.3 is 15.2 Å². The van der Waals surface area contributed by atoms with Gasteiger partial charge in [-0.1, -0.05) is 0 Å². The molecule has 98 valence electrons. The molecule has 0 saturated heterocycles. The number of hydrogen-bond acceptors (Lipinski definition) is 3. The Morgan fingerprint density at radius 3 is 2.44 bits per heavy atom. The van der Waals surface area contributed by atoms with Crippen LogP contribution in [0.25, 0.3) is 0 Å². The summed E-state index contributed by atoms with van der Waals surface area (Å²) in [6.07, 6.45) is 1.59. The van der Waals surface area contributed by atoms with Crippen LogP contribution in [0.4, 0.5) is 5.69 Å². The fraction of sp³-hybridized carbons (Fsp3) is 0.500. The van der Waals surface area contributed by atoms with Crippen molar-refractivity contribution >= 4 is 11.7 Å². The molecule has 4 heteroatoms. The first-order valence-electron chi connectivity index (χ1n) is 6.30. The molecular weight excluding hydrogens is 230 g/mol. The Morgan fingerprint density at radius 2 is 1.94 bits per heavy atom. The molecule has 0 radical (unpaired) electrons. The van der Waals surface area contributed by atoms with Crippen molar-refractivity contribution in [2.24, 2.45) is 5.92 Å². The van der Waals surface area contributed by atoms with Crippen molar-refractivity contribution in [2.45, 2.75) is 38.8 Å². The lowest BCUT2D eigenvalue weighted by atomic mass is 9.80. The van der Waals surface area contributed by atoms with Crippen molar-refractivity contribution in [3.8, 4) is 5.75 Å². The molecule has 0 unspecified atom stereocenters. The van der Waals surface area contributed by atoms with E-state index >= 15 is 0 Å². The molecule has 18 heavy (non-hydrogen) atoms. The van der Waals surface area contributed by atoms with E-state index < -0.39 is 5.97 Å². The van der Waals surface area contributed by atoms with Crippen LogP contribution >= 0.6 is 0 Å². The van der Waals surface area contributed by atoms with Crippen molar-refractivity contribution < 1.29 is 14.6 Å². The van der Waals surface area contributed by atoms with E-state index in [2.05, 4.69) is 5.32 Å². The van der Waals surface area contributed by atoms with E-state index in [9.17, 15) is 4.79 Å². The van der Waals surface area contributed by atoms with E-state index in [0.29, 0.717) is 12.8 Å². The molecule has 0 amide bonds. The lowest BCUT2D eigenvalue weighted by molar-refractivity contribution is -0.144. The van der Waals surface area contributed by atoms with E-state index in [-0.39, 0.29) is 18.1 Å². The normalized spacial score (nSPS) is 22.4. The summed E-state index contributed by atoms with van der Waals surface area (Å²) in [5.41, 5.74) is 1.01. The first kappa shape index (κ1) is 12.7. The molecule has 0 atom stereocenters. The number of nitrogens with one attached hydrogen (secondary N) is 1. The highest BCUT2D eigenvalue weighted by molar-refractivity contribution is 5.71. The van der Waals surface area contributed by atoms with Gasteiger partial charge in [0.2, 0.25) is 0 Å². The van der Waals surface area contributed by atoms with Crippen molar-refractivity contribution in [1.29, 1.82) is 0 Å². The number of benzene rings is 1. The molecule has 0 aliphatic heterocycles. The van der Waals surface area contributed by atoms with Crippen molar-refractivity contribution in [3.05, 3.63) is 24.3 Å². The minimum Gasteiger partial charge on any atom is -0.491 e. The predicted octanol–water partition coefficient (Wildman–Crippen LogP) is 2.75.